The summed E-state index contributed by atoms with van der Waals surface area (Å²) in [6.07, 6.45) is 4.26. The Bertz CT molecular complexity index is 1380. The predicted octanol–water partition coefficient (Wildman–Crippen LogP) is 2.01. The largest absolute Gasteiger partial charge is 0.467 e. The molecule has 0 saturated carbocycles. The van der Waals surface area contributed by atoms with Gasteiger partial charge in [0.2, 0.25) is 0 Å². The lowest BCUT2D eigenvalue weighted by Crippen LogP contribution is -2.44. The Hall–Kier alpha value is -3.34. The number of carbonyl (C=O) groups excluding carboxylic acids is 2. The second kappa shape index (κ2) is 11.5. The smallest absolute Gasteiger partial charge is 0.408 e. The van der Waals surface area contributed by atoms with Crippen LogP contribution < -0.4 is 5.32 Å². The molecule has 5 rings (SSSR count). The molecule has 2 aliphatic heterocycles. The summed E-state index contributed by atoms with van der Waals surface area (Å²) in [6, 6.07) is -0.839. The van der Waals surface area contributed by atoms with Crippen LogP contribution in [0, 0.1) is 0 Å². The van der Waals surface area contributed by atoms with E-state index in [1.807, 2.05) is 18.4 Å². The van der Waals surface area contributed by atoms with Crippen LogP contribution in [0.25, 0.3) is 17.0 Å². The van der Waals surface area contributed by atoms with Crippen LogP contribution in [0.1, 0.15) is 47.3 Å². The second-order valence-corrected chi connectivity index (χ2v) is 12.3. The summed E-state index contributed by atoms with van der Waals surface area (Å²) in [5, 5.41) is 10.3. The molecule has 16 heteroatoms. The van der Waals surface area contributed by atoms with E-state index in [9.17, 15) is 9.59 Å². The van der Waals surface area contributed by atoms with Gasteiger partial charge in [0, 0.05) is 5.75 Å². The van der Waals surface area contributed by atoms with E-state index in [2.05, 4.69) is 30.5 Å². The molecular weight excluding hydrogens is 556 g/mol. The molecule has 1 amide bonds. The van der Waals surface area contributed by atoms with Gasteiger partial charge in [-0.15, -0.1) is 10.2 Å². The number of nitrogens with zero attached hydrogens (tertiary/aromatic N) is 7. The third-order valence-corrected chi connectivity index (χ3v) is 7.50. The number of thioether (sulfide) groups is 1. The molecule has 2 saturated heterocycles. The van der Waals surface area contributed by atoms with Crippen molar-refractivity contribution in [3.8, 4) is 5.82 Å². The van der Waals surface area contributed by atoms with Gasteiger partial charge in [-0.25, -0.2) is 24.5 Å². The number of hydrogen-bond acceptors (Lipinski definition) is 13. The molecular formula is C25H34N8O7S. The van der Waals surface area contributed by atoms with Crippen molar-refractivity contribution in [2.24, 2.45) is 0 Å². The Balaban J connectivity index is 1.26. The average molecular weight is 591 g/mol. The fourth-order valence-electron chi connectivity index (χ4n) is 4.78. The molecule has 5 heterocycles. The van der Waals surface area contributed by atoms with Crippen molar-refractivity contribution in [3.63, 3.8) is 0 Å². The van der Waals surface area contributed by atoms with Crippen LogP contribution in [-0.4, -0.2) is 101 Å². The van der Waals surface area contributed by atoms with E-state index in [-0.39, 0.29) is 12.2 Å². The fourth-order valence-corrected chi connectivity index (χ4v) is 5.85. The number of imidazole rings is 1. The van der Waals surface area contributed by atoms with Gasteiger partial charge < -0.3 is 29.0 Å². The number of ether oxygens (including phenoxy) is 5. The first kappa shape index (κ1) is 29.2. The van der Waals surface area contributed by atoms with Gasteiger partial charge in [-0.1, -0.05) is 0 Å². The van der Waals surface area contributed by atoms with E-state index in [4.69, 9.17) is 23.7 Å². The minimum atomic E-state index is -0.839. The average Bonchev–Trinajstić information content (AvgIpc) is 3.68. The first-order chi connectivity index (χ1) is 19.5. The summed E-state index contributed by atoms with van der Waals surface area (Å²) in [5.41, 5.74) is 0.451. The van der Waals surface area contributed by atoms with Gasteiger partial charge in [0.1, 0.15) is 42.8 Å². The van der Waals surface area contributed by atoms with E-state index in [0.717, 1.165) is 0 Å². The maximum Gasteiger partial charge on any atom is 0.408 e. The van der Waals surface area contributed by atoms with Gasteiger partial charge in [-0.2, -0.15) is 11.8 Å². The van der Waals surface area contributed by atoms with Crippen LogP contribution in [0.3, 0.4) is 0 Å². The number of rotatable bonds is 9. The van der Waals surface area contributed by atoms with Crippen LogP contribution in [-0.2, 0) is 28.5 Å². The lowest BCUT2D eigenvalue weighted by Gasteiger charge is -2.25. The second-order valence-electron chi connectivity index (χ2n) is 11.1. The Morgan fingerprint density at radius 3 is 2.56 bits per heavy atom. The van der Waals surface area contributed by atoms with Crippen molar-refractivity contribution >= 4 is 35.0 Å². The van der Waals surface area contributed by atoms with Gasteiger partial charge in [0.15, 0.2) is 29.0 Å². The first-order valence-electron chi connectivity index (χ1n) is 13.1. The summed E-state index contributed by atoms with van der Waals surface area (Å²) in [6.45, 7) is 9.00. The third kappa shape index (κ3) is 6.45. The first-order valence-corrected chi connectivity index (χ1v) is 14.3. The molecule has 1 N–H and O–H groups in total. The number of alkyl carbamates (subject to hydrolysis) is 1. The number of aromatic nitrogens is 7. The van der Waals surface area contributed by atoms with Crippen LogP contribution in [0.15, 0.2) is 25.3 Å². The van der Waals surface area contributed by atoms with E-state index in [0.29, 0.717) is 34.9 Å². The van der Waals surface area contributed by atoms with Crippen molar-refractivity contribution in [3.05, 3.63) is 25.3 Å². The number of hydrogen-bond donors (Lipinski definition) is 1. The Kier molecular flexibility index (Phi) is 8.18. The summed E-state index contributed by atoms with van der Waals surface area (Å²) in [7, 11) is 1.28. The van der Waals surface area contributed by atoms with Crippen molar-refractivity contribution < 1.29 is 33.3 Å². The maximum atomic E-state index is 12.3. The van der Waals surface area contributed by atoms with Crippen LogP contribution >= 0.6 is 11.8 Å². The molecule has 3 aromatic heterocycles. The highest BCUT2D eigenvalue weighted by Gasteiger charge is 2.56. The van der Waals surface area contributed by atoms with E-state index >= 15 is 0 Å². The van der Waals surface area contributed by atoms with Crippen molar-refractivity contribution in [1.29, 1.82) is 0 Å². The van der Waals surface area contributed by atoms with Crippen LogP contribution in [0.5, 0.6) is 0 Å². The molecule has 0 bridgehead atoms. The normalized spacial score (nSPS) is 24.2. The van der Waals surface area contributed by atoms with Crippen molar-refractivity contribution in [2.75, 3.05) is 18.6 Å². The summed E-state index contributed by atoms with van der Waals surface area (Å²) >= 11 is 1.57. The number of methoxy groups -OCH3 is 1. The topological polar surface area (TPSA) is 167 Å². The highest BCUT2D eigenvalue weighted by molar-refractivity contribution is 7.99. The molecule has 222 valence electrons. The molecule has 41 heavy (non-hydrogen) atoms. The Labute approximate surface area is 240 Å². The van der Waals surface area contributed by atoms with E-state index in [1.54, 1.807) is 56.1 Å². The number of amides is 1. The fraction of sp³-hybridized carbons (Fsp3) is 0.640. The number of esters is 1. The van der Waals surface area contributed by atoms with Gasteiger partial charge in [-0.3, -0.25) is 9.13 Å². The summed E-state index contributed by atoms with van der Waals surface area (Å²) in [5.74, 6) is 0.315. The van der Waals surface area contributed by atoms with Gasteiger partial charge in [0.05, 0.1) is 19.5 Å². The van der Waals surface area contributed by atoms with Gasteiger partial charge in [0.25, 0.3) is 0 Å². The zero-order valence-electron chi connectivity index (χ0n) is 23.7. The summed E-state index contributed by atoms with van der Waals surface area (Å²) < 4.78 is 32.6. The highest BCUT2D eigenvalue weighted by Crippen LogP contribution is 2.44. The minimum Gasteiger partial charge on any atom is -0.467 e. The molecule has 0 spiro atoms. The van der Waals surface area contributed by atoms with Crippen LogP contribution in [0.2, 0.25) is 0 Å². The Morgan fingerprint density at radius 2 is 1.85 bits per heavy atom. The number of nitrogens with one attached hydrogen (secondary N) is 1. The highest BCUT2D eigenvalue weighted by atomic mass is 32.2. The molecule has 1 unspecified atom stereocenters. The van der Waals surface area contributed by atoms with Crippen molar-refractivity contribution in [2.45, 2.75) is 83.0 Å². The molecule has 2 aliphatic rings. The van der Waals surface area contributed by atoms with Crippen LogP contribution in [0.4, 0.5) is 4.79 Å². The lowest BCUT2D eigenvalue weighted by atomic mass is 10.1. The third-order valence-electron chi connectivity index (χ3n) is 6.41. The minimum absolute atomic E-state index is 0.316. The standard InChI is InChI=1S/C25H34N8O7S/c1-24(2,3)40-23(35)31-14(22(34)36-6)7-8-41-9-15-17-18(39-25(4,5)38-17)21(37-15)33-11-28-16-19(26-10-27-20(16)33)32-12-29-30-13-32/h10-15,17-18,21H,7-9H2,1-6H3,(H,31,35)/t14?,15-,17+,18-,21-/m1/s1. The zero-order chi connectivity index (χ0) is 29.4. The molecule has 0 radical (unpaired) electrons. The molecule has 0 aliphatic carbocycles. The summed E-state index contributed by atoms with van der Waals surface area (Å²) in [4.78, 5) is 37.9. The molecule has 15 nitrogen and oxygen atoms in total. The van der Waals surface area contributed by atoms with Gasteiger partial charge in [-0.05, 0) is 46.8 Å². The van der Waals surface area contributed by atoms with Crippen molar-refractivity contribution in [1.82, 2.24) is 39.6 Å². The quantitative estimate of drug-likeness (QED) is 0.284. The lowest BCUT2D eigenvalue weighted by molar-refractivity contribution is -0.193. The number of carbonyl (C=O) groups is 2. The zero-order valence-corrected chi connectivity index (χ0v) is 24.5. The SMILES string of the molecule is COC(=O)C(CCSC[C@H]1O[C@@H](n2cnc3c(-n4cnnc4)ncnc32)[C@@H]2OC(C)(C)O[C@H]21)NC(=O)OC(C)(C)C. The molecule has 5 atom stereocenters. The predicted molar refractivity (Wildman–Crippen MR) is 145 cm³/mol. The monoisotopic (exact) mass is 590 g/mol. The molecule has 3 aromatic rings. The van der Waals surface area contributed by atoms with E-state index < -0.39 is 41.8 Å². The number of fused-ring (bicyclic) bond motifs is 2. The van der Waals surface area contributed by atoms with Gasteiger partial charge >= 0.3 is 12.1 Å². The molecule has 0 aromatic carbocycles. The Morgan fingerprint density at radius 1 is 1.12 bits per heavy atom. The molecule has 2 fully saturated rings. The van der Waals surface area contributed by atoms with E-state index in [1.165, 1.54) is 13.4 Å². The maximum absolute atomic E-state index is 12.3.